The standard InChI is InChI=1S/C19H19N3O4/c1-24-15-9-12(10-16(25-2)18(15)26-3)17-14(19(23)22-21-17)11-20-13-7-5-4-6-8-13/h4-11,20H,1-3H3,(H,22,23). The van der Waals surface area contributed by atoms with Crippen LogP contribution in [0.5, 0.6) is 17.2 Å². The Labute approximate surface area is 151 Å². The first-order valence-corrected chi connectivity index (χ1v) is 7.88. The molecule has 26 heavy (non-hydrogen) atoms. The SMILES string of the molecule is COc1cc(C2=NNC(=O)C2=CNc2ccccc2)cc(OC)c1OC. The minimum Gasteiger partial charge on any atom is -0.493 e. The number of hydrazone groups is 1. The number of carbonyl (C=O) groups excluding carboxylic acids is 1. The third-order valence-corrected chi connectivity index (χ3v) is 3.86. The maximum atomic E-state index is 12.2. The van der Waals surface area contributed by atoms with Gasteiger partial charge in [0.05, 0.1) is 26.9 Å². The Kier molecular flexibility index (Phi) is 5.07. The van der Waals surface area contributed by atoms with E-state index < -0.39 is 0 Å². The Hall–Kier alpha value is -3.48. The minimum atomic E-state index is -0.294. The van der Waals surface area contributed by atoms with Crippen LogP contribution in [0, 0.1) is 0 Å². The number of anilines is 1. The Morgan fingerprint density at radius 1 is 1.00 bits per heavy atom. The Bertz CT molecular complexity index is 851. The molecule has 2 aromatic rings. The first-order valence-electron chi connectivity index (χ1n) is 7.88. The van der Waals surface area contributed by atoms with Crippen molar-refractivity contribution in [3.05, 3.63) is 59.8 Å². The average molecular weight is 353 g/mol. The zero-order valence-corrected chi connectivity index (χ0v) is 14.7. The van der Waals surface area contributed by atoms with E-state index in [1.807, 2.05) is 30.3 Å². The summed E-state index contributed by atoms with van der Waals surface area (Å²) in [7, 11) is 4.61. The van der Waals surface area contributed by atoms with E-state index in [1.54, 1.807) is 18.3 Å². The van der Waals surface area contributed by atoms with Crippen LogP contribution in [-0.2, 0) is 4.79 Å². The van der Waals surface area contributed by atoms with Gasteiger partial charge in [-0.25, -0.2) is 5.43 Å². The third-order valence-electron chi connectivity index (χ3n) is 3.86. The zero-order chi connectivity index (χ0) is 18.5. The second-order valence-electron chi connectivity index (χ2n) is 5.38. The molecule has 0 saturated carbocycles. The molecule has 134 valence electrons. The molecule has 3 rings (SSSR count). The van der Waals surface area contributed by atoms with Gasteiger partial charge in [0.25, 0.3) is 5.91 Å². The summed E-state index contributed by atoms with van der Waals surface area (Å²) in [5.41, 5.74) is 4.91. The van der Waals surface area contributed by atoms with Gasteiger partial charge in [0.2, 0.25) is 5.75 Å². The molecule has 7 nitrogen and oxygen atoms in total. The molecule has 0 aromatic heterocycles. The van der Waals surface area contributed by atoms with Crippen molar-refractivity contribution in [1.29, 1.82) is 0 Å². The van der Waals surface area contributed by atoms with E-state index in [0.717, 1.165) is 5.69 Å². The lowest BCUT2D eigenvalue weighted by atomic mass is 10.0. The number of carbonyl (C=O) groups is 1. The van der Waals surface area contributed by atoms with Gasteiger partial charge in [-0.15, -0.1) is 0 Å². The molecule has 0 bridgehead atoms. The fourth-order valence-electron chi connectivity index (χ4n) is 2.60. The van der Waals surface area contributed by atoms with Gasteiger partial charge in [-0.2, -0.15) is 5.10 Å². The number of benzene rings is 2. The molecule has 0 atom stereocenters. The number of amides is 1. The molecule has 1 heterocycles. The van der Waals surface area contributed by atoms with E-state index in [4.69, 9.17) is 14.2 Å². The second-order valence-corrected chi connectivity index (χ2v) is 5.38. The fraction of sp³-hybridized carbons (Fsp3) is 0.158. The zero-order valence-electron chi connectivity index (χ0n) is 14.7. The van der Waals surface area contributed by atoms with E-state index in [-0.39, 0.29) is 5.91 Å². The van der Waals surface area contributed by atoms with Gasteiger partial charge in [0.1, 0.15) is 5.71 Å². The smallest absolute Gasteiger partial charge is 0.275 e. The summed E-state index contributed by atoms with van der Waals surface area (Å²) in [6.07, 6.45) is 1.62. The number of methoxy groups -OCH3 is 3. The molecule has 7 heteroatoms. The number of nitrogens with zero attached hydrogens (tertiary/aromatic N) is 1. The number of hydrogen-bond donors (Lipinski definition) is 2. The monoisotopic (exact) mass is 353 g/mol. The van der Waals surface area contributed by atoms with Crippen LogP contribution >= 0.6 is 0 Å². The van der Waals surface area contributed by atoms with Crippen molar-refractivity contribution in [3.63, 3.8) is 0 Å². The van der Waals surface area contributed by atoms with Crippen molar-refractivity contribution >= 4 is 17.3 Å². The van der Waals surface area contributed by atoms with Crippen molar-refractivity contribution in [1.82, 2.24) is 5.43 Å². The van der Waals surface area contributed by atoms with Gasteiger partial charge in [-0.05, 0) is 24.3 Å². The predicted molar refractivity (Wildman–Crippen MR) is 98.9 cm³/mol. The van der Waals surface area contributed by atoms with E-state index in [9.17, 15) is 4.79 Å². The lowest BCUT2D eigenvalue weighted by molar-refractivity contribution is -0.116. The first-order chi connectivity index (χ1) is 12.7. The number of hydrogen-bond acceptors (Lipinski definition) is 6. The molecule has 0 aliphatic carbocycles. The van der Waals surface area contributed by atoms with Crippen LogP contribution in [0.1, 0.15) is 5.56 Å². The highest BCUT2D eigenvalue weighted by molar-refractivity contribution is 6.31. The average Bonchev–Trinajstić information content (AvgIpc) is 3.06. The molecular formula is C19H19N3O4. The predicted octanol–water partition coefficient (Wildman–Crippen LogP) is 2.54. The van der Waals surface area contributed by atoms with Gasteiger partial charge in [0, 0.05) is 17.5 Å². The summed E-state index contributed by atoms with van der Waals surface area (Å²) in [5, 5.41) is 7.25. The highest BCUT2D eigenvalue weighted by Gasteiger charge is 2.26. The van der Waals surface area contributed by atoms with Gasteiger partial charge in [-0.1, -0.05) is 18.2 Å². The van der Waals surface area contributed by atoms with Crippen LogP contribution in [0.15, 0.2) is 59.3 Å². The van der Waals surface area contributed by atoms with Gasteiger partial charge in [0.15, 0.2) is 11.5 Å². The van der Waals surface area contributed by atoms with Crippen molar-refractivity contribution in [2.24, 2.45) is 5.10 Å². The quantitative estimate of drug-likeness (QED) is 0.780. The Morgan fingerprint density at radius 3 is 2.23 bits per heavy atom. The van der Waals surface area contributed by atoms with Crippen LogP contribution < -0.4 is 25.0 Å². The topological polar surface area (TPSA) is 81.2 Å². The maximum absolute atomic E-state index is 12.2. The van der Waals surface area contributed by atoms with Crippen molar-refractivity contribution in [2.75, 3.05) is 26.6 Å². The lowest BCUT2D eigenvalue weighted by Gasteiger charge is -2.14. The minimum absolute atomic E-state index is 0.294. The Morgan fingerprint density at radius 2 is 1.65 bits per heavy atom. The summed E-state index contributed by atoms with van der Waals surface area (Å²) in [6, 6.07) is 13.0. The molecular weight excluding hydrogens is 334 g/mol. The van der Waals surface area contributed by atoms with Crippen molar-refractivity contribution in [3.8, 4) is 17.2 Å². The third kappa shape index (κ3) is 3.32. The molecule has 0 saturated heterocycles. The molecule has 2 N–H and O–H groups in total. The molecule has 1 aliphatic heterocycles. The number of nitrogens with one attached hydrogen (secondary N) is 2. The summed E-state index contributed by atoms with van der Waals surface area (Å²) < 4.78 is 16.1. The van der Waals surface area contributed by atoms with Crippen LogP contribution in [0.3, 0.4) is 0 Å². The Balaban J connectivity index is 1.98. The molecule has 0 fully saturated rings. The number of ether oxygens (including phenoxy) is 3. The largest absolute Gasteiger partial charge is 0.493 e. The number of rotatable bonds is 6. The molecule has 0 radical (unpaired) electrons. The van der Waals surface area contributed by atoms with Crippen molar-refractivity contribution < 1.29 is 19.0 Å². The molecule has 0 unspecified atom stereocenters. The van der Waals surface area contributed by atoms with Crippen LogP contribution in [0.25, 0.3) is 0 Å². The second kappa shape index (κ2) is 7.60. The van der Waals surface area contributed by atoms with Crippen LogP contribution in [-0.4, -0.2) is 32.9 Å². The summed E-state index contributed by atoms with van der Waals surface area (Å²) in [4.78, 5) is 12.2. The molecule has 1 aliphatic rings. The normalized spacial score (nSPS) is 14.7. The van der Waals surface area contributed by atoms with E-state index in [1.165, 1.54) is 21.3 Å². The van der Waals surface area contributed by atoms with E-state index in [0.29, 0.717) is 34.1 Å². The fourth-order valence-corrected chi connectivity index (χ4v) is 2.60. The summed E-state index contributed by atoms with van der Waals surface area (Å²) in [6.45, 7) is 0. The number of para-hydroxylation sites is 1. The summed E-state index contributed by atoms with van der Waals surface area (Å²) >= 11 is 0. The molecule has 0 spiro atoms. The van der Waals surface area contributed by atoms with E-state index in [2.05, 4.69) is 15.8 Å². The van der Waals surface area contributed by atoms with Gasteiger partial charge >= 0.3 is 0 Å². The van der Waals surface area contributed by atoms with Gasteiger partial charge < -0.3 is 19.5 Å². The first kappa shape index (κ1) is 17.3. The maximum Gasteiger partial charge on any atom is 0.275 e. The summed E-state index contributed by atoms with van der Waals surface area (Å²) in [5.74, 6) is 1.15. The molecule has 1 amide bonds. The van der Waals surface area contributed by atoms with Gasteiger partial charge in [-0.3, -0.25) is 4.79 Å². The van der Waals surface area contributed by atoms with E-state index >= 15 is 0 Å². The van der Waals surface area contributed by atoms with Crippen LogP contribution in [0.4, 0.5) is 5.69 Å². The highest BCUT2D eigenvalue weighted by atomic mass is 16.5. The van der Waals surface area contributed by atoms with Crippen molar-refractivity contribution in [2.45, 2.75) is 0 Å². The lowest BCUT2D eigenvalue weighted by Crippen LogP contribution is -2.15. The molecule has 2 aromatic carbocycles. The van der Waals surface area contributed by atoms with Crippen LogP contribution in [0.2, 0.25) is 0 Å². The highest BCUT2D eigenvalue weighted by Crippen LogP contribution is 2.39.